The van der Waals surface area contributed by atoms with Crippen molar-refractivity contribution in [3.8, 4) is 0 Å². The Morgan fingerprint density at radius 1 is 1.00 bits per heavy atom. The maximum Gasteiger partial charge on any atom is 0.187 e. The van der Waals surface area contributed by atoms with Crippen molar-refractivity contribution in [2.45, 2.75) is 55.1 Å². The van der Waals surface area contributed by atoms with Crippen molar-refractivity contribution >= 4 is 0 Å². The zero-order valence-corrected chi connectivity index (χ0v) is 12.7. The number of methoxy groups -OCH3 is 1. The van der Waals surface area contributed by atoms with Gasteiger partial charge in [0.1, 0.15) is 36.6 Å². The minimum Gasteiger partial charge on any atom is -0.395 e. The monoisotopic (exact) mass is 339 g/mol. The van der Waals surface area contributed by atoms with Crippen molar-refractivity contribution in [3.05, 3.63) is 0 Å². The molecule has 2 aliphatic heterocycles. The number of aliphatic hydroxyl groups is 6. The molecule has 10 nitrogen and oxygen atoms in total. The fourth-order valence-corrected chi connectivity index (χ4v) is 2.92. The number of piperidine rings is 1. The Morgan fingerprint density at radius 3 is 2.26 bits per heavy atom. The van der Waals surface area contributed by atoms with E-state index in [9.17, 15) is 30.6 Å². The third kappa shape index (κ3) is 3.82. The zero-order chi connectivity index (χ0) is 17.1. The summed E-state index contributed by atoms with van der Waals surface area (Å²) in [5, 5.41) is 61.5. The summed E-state index contributed by atoms with van der Waals surface area (Å²) in [6.07, 6.45) is -9.61. The molecule has 2 saturated heterocycles. The quantitative estimate of drug-likeness (QED) is 0.260. The van der Waals surface area contributed by atoms with Crippen LogP contribution in [0.15, 0.2) is 0 Å². The van der Waals surface area contributed by atoms with Crippen LogP contribution in [0, 0.1) is 0 Å². The van der Waals surface area contributed by atoms with E-state index in [0.29, 0.717) is 0 Å². The van der Waals surface area contributed by atoms with Gasteiger partial charge in [-0.15, -0.1) is 0 Å². The smallest absolute Gasteiger partial charge is 0.187 e. The van der Waals surface area contributed by atoms with Crippen LogP contribution in [0.2, 0.25) is 0 Å². The highest BCUT2D eigenvalue weighted by Gasteiger charge is 2.48. The van der Waals surface area contributed by atoms with Crippen LogP contribution in [-0.2, 0) is 14.2 Å². The number of aliphatic hydroxyl groups excluding tert-OH is 6. The van der Waals surface area contributed by atoms with Gasteiger partial charge in [0.2, 0.25) is 0 Å². The Labute approximate surface area is 133 Å². The summed E-state index contributed by atoms with van der Waals surface area (Å²) < 4.78 is 15.8. The number of rotatable bonds is 5. The number of ether oxygens (including phenoxy) is 3. The summed E-state index contributed by atoms with van der Waals surface area (Å²) in [5.74, 6) is 0. The second-order valence-electron chi connectivity index (χ2n) is 5.76. The molecule has 23 heavy (non-hydrogen) atoms. The van der Waals surface area contributed by atoms with Gasteiger partial charge in [0, 0.05) is 13.7 Å². The maximum absolute atomic E-state index is 10.1. The Morgan fingerprint density at radius 2 is 1.70 bits per heavy atom. The SMILES string of the molecule is CO[C@H]1[C@H](O)[C@@H](O)[C@@H](O[C@H]2[C@H](O)[C@@H](CO)NC[C@H]2O)O[C@@H]1CO. The first-order valence-electron chi connectivity index (χ1n) is 7.45. The van der Waals surface area contributed by atoms with Gasteiger partial charge in [0.15, 0.2) is 6.29 Å². The molecule has 0 aromatic rings. The number of β-amino-alcohol motifs (C(OH)–C–C–N with tert-alkyl or cyclic N) is 1. The third-order valence-electron chi connectivity index (χ3n) is 4.30. The average Bonchev–Trinajstić information content (AvgIpc) is 2.55. The molecule has 0 aliphatic carbocycles. The molecule has 2 heterocycles. The second kappa shape index (κ2) is 8.12. The molecule has 9 atom stereocenters. The molecule has 10 heteroatoms. The van der Waals surface area contributed by atoms with E-state index in [1.807, 2.05) is 0 Å². The van der Waals surface area contributed by atoms with Crippen LogP contribution in [0.3, 0.4) is 0 Å². The minimum absolute atomic E-state index is 0.0719. The minimum atomic E-state index is -1.50. The van der Waals surface area contributed by atoms with E-state index in [0.717, 1.165) is 0 Å². The second-order valence-corrected chi connectivity index (χ2v) is 5.76. The lowest BCUT2D eigenvalue weighted by Gasteiger charge is -2.45. The van der Waals surface area contributed by atoms with E-state index in [1.165, 1.54) is 7.11 Å². The van der Waals surface area contributed by atoms with Crippen LogP contribution in [0.25, 0.3) is 0 Å². The van der Waals surface area contributed by atoms with E-state index in [4.69, 9.17) is 14.2 Å². The van der Waals surface area contributed by atoms with Crippen LogP contribution in [0.5, 0.6) is 0 Å². The molecule has 0 aromatic heterocycles. The van der Waals surface area contributed by atoms with E-state index in [1.54, 1.807) is 0 Å². The first-order chi connectivity index (χ1) is 10.9. The number of nitrogens with one attached hydrogen (secondary N) is 1. The molecular formula is C13H25NO9. The molecule has 0 saturated carbocycles. The molecule has 2 fully saturated rings. The predicted molar refractivity (Wildman–Crippen MR) is 74.3 cm³/mol. The first kappa shape index (κ1) is 18.9. The lowest BCUT2D eigenvalue weighted by atomic mass is 9.95. The third-order valence-corrected chi connectivity index (χ3v) is 4.30. The molecular weight excluding hydrogens is 314 g/mol. The fourth-order valence-electron chi connectivity index (χ4n) is 2.92. The maximum atomic E-state index is 10.1. The van der Waals surface area contributed by atoms with Gasteiger partial charge >= 0.3 is 0 Å². The number of hydrogen-bond acceptors (Lipinski definition) is 10. The molecule has 0 aromatic carbocycles. The van der Waals surface area contributed by atoms with Gasteiger partial charge in [-0.1, -0.05) is 0 Å². The Hall–Kier alpha value is -0.400. The zero-order valence-electron chi connectivity index (χ0n) is 12.7. The average molecular weight is 339 g/mol. The topological polar surface area (TPSA) is 161 Å². The molecule has 7 N–H and O–H groups in total. The first-order valence-corrected chi connectivity index (χ1v) is 7.45. The molecule has 2 aliphatic rings. The van der Waals surface area contributed by atoms with Crippen molar-refractivity contribution in [2.75, 3.05) is 26.9 Å². The van der Waals surface area contributed by atoms with E-state index in [2.05, 4.69) is 5.32 Å². The van der Waals surface area contributed by atoms with Gasteiger partial charge in [0.05, 0.1) is 25.4 Å². The molecule has 0 amide bonds. The summed E-state index contributed by atoms with van der Waals surface area (Å²) in [6.45, 7) is -0.767. The molecule has 0 unspecified atom stereocenters. The molecule has 2 rings (SSSR count). The Kier molecular flexibility index (Phi) is 6.68. The molecule has 136 valence electrons. The Bertz CT molecular complexity index is 371. The van der Waals surface area contributed by atoms with Crippen LogP contribution < -0.4 is 5.32 Å². The standard InChI is InChI=1S/C13H25NO9/c1-21-12-7(4-16)22-13(10(20)9(12)19)23-11-6(17)2-14-5(3-15)8(11)18/h5-20H,2-4H2,1H3/t5-,6-,7-,8-,9-,10-,11-,12-,13-/m1/s1. The van der Waals surface area contributed by atoms with E-state index < -0.39 is 61.7 Å². The molecule has 0 radical (unpaired) electrons. The molecule has 0 bridgehead atoms. The normalized spacial score (nSPS) is 48.4. The highest BCUT2D eigenvalue weighted by molar-refractivity contribution is 4.95. The lowest BCUT2D eigenvalue weighted by molar-refractivity contribution is -0.329. The number of hydrogen-bond donors (Lipinski definition) is 7. The van der Waals surface area contributed by atoms with Crippen molar-refractivity contribution in [3.63, 3.8) is 0 Å². The summed E-state index contributed by atoms with van der Waals surface area (Å²) in [4.78, 5) is 0. The van der Waals surface area contributed by atoms with Crippen LogP contribution in [-0.4, -0.2) is 113 Å². The highest BCUT2D eigenvalue weighted by atomic mass is 16.7. The van der Waals surface area contributed by atoms with E-state index >= 15 is 0 Å². The van der Waals surface area contributed by atoms with Crippen molar-refractivity contribution in [1.82, 2.24) is 5.32 Å². The van der Waals surface area contributed by atoms with Gasteiger partial charge in [-0.05, 0) is 0 Å². The largest absolute Gasteiger partial charge is 0.395 e. The summed E-state index contributed by atoms with van der Waals surface area (Å²) >= 11 is 0. The predicted octanol–water partition coefficient (Wildman–Crippen LogP) is -4.49. The fraction of sp³-hybridized carbons (Fsp3) is 1.00. The van der Waals surface area contributed by atoms with Gasteiger partial charge in [-0.3, -0.25) is 0 Å². The Balaban J connectivity index is 2.08. The van der Waals surface area contributed by atoms with Crippen LogP contribution >= 0.6 is 0 Å². The van der Waals surface area contributed by atoms with Crippen LogP contribution in [0.1, 0.15) is 0 Å². The lowest BCUT2D eigenvalue weighted by Crippen LogP contribution is -2.65. The van der Waals surface area contributed by atoms with Gasteiger partial charge in [0.25, 0.3) is 0 Å². The van der Waals surface area contributed by atoms with Crippen molar-refractivity contribution < 1.29 is 44.8 Å². The van der Waals surface area contributed by atoms with Crippen molar-refractivity contribution in [2.24, 2.45) is 0 Å². The van der Waals surface area contributed by atoms with Gasteiger partial charge in [-0.25, -0.2) is 0 Å². The van der Waals surface area contributed by atoms with Crippen LogP contribution in [0.4, 0.5) is 0 Å². The van der Waals surface area contributed by atoms with E-state index in [-0.39, 0.29) is 13.2 Å². The highest BCUT2D eigenvalue weighted by Crippen LogP contribution is 2.27. The summed E-state index contributed by atoms with van der Waals surface area (Å²) in [5.41, 5.74) is 0. The molecule has 0 spiro atoms. The summed E-state index contributed by atoms with van der Waals surface area (Å²) in [7, 11) is 1.31. The van der Waals surface area contributed by atoms with Gasteiger partial charge < -0.3 is 50.2 Å². The van der Waals surface area contributed by atoms with Crippen molar-refractivity contribution in [1.29, 1.82) is 0 Å². The summed E-state index contributed by atoms with van der Waals surface area (Å²) in [6, 6.07) is -0.700. The van der Waals surface area contributed by atoms with Gasteiger partial charge in [-0.2, -0.15) is 0 Å².